The van der Waals surface area contributed by atoms with E-state index in [0.29, 0.717) is 11.5 Å². The summed E-state index contributed by atoms with van der Waals surface area (Å²) in [4.78, 5) is 12.0. The Labute approximate surface area is 129 Å². The van der Waals surface area contributed by atoms with Gasteiger partial charge in [-0.05, 0) is 55.9 Å². The zero-order chi connectivity index (χ0) is 15.8. The number of nitriles is 1. The van der Waals surface area contributed by atoms with Crippen molar-refractivity contribution in [1.29, 1.82) is 5.26 Å². The van der Waals surface area contributed by atoms with Crippen LogP contribution >= 0.6 is 0 Å². The van der Waals surface area contributed by atoms with E-state index < -0.39 is 5.97 Å². The summed E-state index contributed by atoms with van der Waals surface area (Å²) in [6.45, 7) is 0. The molecule has 0 bridgehead atoms. The molecule has 0 unspecified atom stereocenters. The normalized spacial score (nSPS) is 21.8. The quantitative estimate of drug-likeness (QED) is 0.476. The largest absolute Gasteiger partial charge is 0.459 e. The maximum atomic E-state index is 12.8. The summed E-state index contributed by atoms with van der Waals surface area (Å²) < 4.78 is 18.3. The molecule has 114 valence electrons. The molecule has 1 aromatic rings. The maximum absolute atomic E-state index is 12.8. The van der Waals surface area contributed by atoms with Crippen LogP contribution in [0.2, 0.25) is 0 Å². The second kappa shape index (κ2) is 8.14. The summed E-state index contributed by atoms with van der Waals surface area (Å²) in [5.74, 6) is -0.297. The summed E-state index contributed by atoms with van der Waals surface area (Å²) in [6.07, 6.45) is 10.6. The van der Waals surface area contributed by atoms with E-state index in [0.717, 1.165) is 25.7 Å². The van der Waals surface area contributed by atoms with Crippen LogP contribution in [0, 0.1) is 23.1 Å². The van der Waals surface area contributed by atoms with Crippen molar-refractivity contribution in [3.05, 3.63) is 60.0 Å². The number of benzene rings is 1. The molecule has 0 amide bonds. The van der Waals surface area contributed by atoms with Crippen LogP contribution in [0.3, 0.4) is 0 Å². The molecular formula is C18H18FNO2. The highest BCUT2D eigenvalue weighted by molar-refractivity contribution is 5.89. The van der Waals surface area contributed by atoms with Gasteiger partial charge in [0.2, 0.25) is 0 Å². The summed E-state index contributed by atoms with van der Waals surface area (Å²) >= 11 is 0. The number of halogens is 1. The Kier molecular flexibility index (Phi) is 5.91. The van der Waals surface area contributed by atoms with Crippen LogP contribution in [-0.4, -0.2) is 12.1 Å². The Morgan fingerprint density at radius 2 is 1.86 bits per heavy atom. The molecule has 1 aliphatic carbocycles. The smallest absolute Gasteiger partial charge is 0.338 e. The lowest BCUT2D eigenvalue weighted by Gasteiger charge is -2.26. The van der Waals surface area contributed by atoms with Crippen molar-refractivity contribution in [3.8, 4) is 6.07 Å². The molecule has 0 aromatic heterocycles. The predicted molar refractivity (Wildman–Crippen MR) is 81.5 cm³/mol. The number of carbonyl (C=O) groups is 1. The fraction of sp³-hybridized carbons (Fsp3) is 0.333. The van der Waals surface area contributed by atoms with Gasteiger partial charge in [0.15, 0.2) is 0 Å². The van der Waals surface area contributed by atoms with E-state index in [9.17, 15) is 9.18 Å². The minimum absolute atomic E-state index is 0.0724. The summed E-state index contributed by atoms with van der Waals surface area (Å²) in [5, 5.41) is 8.39. The van der Waals surface area contributed by atoms with Gasteiger partial charge >= 0.3 is 5.97 Å². The number of carbonyl (C=O) groups excluding carboxylic acids is 1. The Bertz CT molecular complexity index is 591. The van der Waals surface area contributed by atoms with Gasteiger partial charge < -0.3 is 4.74 Å². The fourth-order valence-corrected chi connectivity index (χ4v) is 2.52. The molecule has 1 fully saturated rings. The van der Waals surface area contributed by atoms with Crippen LogP contribution in [0.5, 0.6) is 0 Å². The van der Waals surface area contributed by atoms with Gasteiger partial charge in [0, 0.05) is 6.08 Å². The van der Waals surface area contributed by atoms with Gasteiger partial charge in [0.1, 0.15) is 11.9 Å². The second-order valence-electron chi connectivity index (χ2n) is 5.32. The van der Waals surface area contributed by atoms with E-state index in [1.807, 2.05) is 12.1 Å². The molecule has 0 atom stereocenters. The molecule has 0 heterocycles. The second-order valence-corrected chi connectivity index (χ2v) is 5.32. The van der Waals surface area contributed by atoms with Crippen LogP contribution < -0.4 is 0 Å². The van der Waals surface area contributed by atoms with Crippen molar-refractivity contribution in [2.45, 2.75) is 31.8 Å². The van der Waals surface area contributed by atoms with Crippen molar-refractivity contribution in [1.82, 2.24) is 0 Å². The van der Waals surface area contributed by atoms with E-state index in [4.69, 9.17) is 10.00 Å². The van der Waals surface area contributed by atoms with Crippen molar-refractivity contribution in [3.63, 3.8) is 0 Å². The van der Waals surface area contributed by atoms with Gasteiger partial charge in [0.25, 0.3) is 0 Å². The molecule has 22 heavy (non-hydrogen) atoms. The third-order valence-corrected chi connectivity index (χ3v) is 3.74. The zero-order valence-electron chi connectivity index (χ0n) is 12.2. The molecule has 0 radical (unpaired) electrons. The van der Waals surface area contributed by atoms with Crippen LogP contribution in [0.25, 0.3) is 0 Å². The maximum Gasteiger partial charge on any atom is 0.338 e. The van der Waals surface area contributed by atoms with Gasteiger partial charge in [-0.1, -0.05) is 18.2 Å². The first-order valence-electron chi connectivity index (χ1n) is 7.38. The Hall–Kier alpha value is -2.41. The van der Waals surface area contributed by atoms with Crippen molar-refractivity contribution in [2.24, 2.45) is 5.92 Å². The number of hydrogen-bond acceptors (Lipinski definition) is 3. The standard InChI is InChI=1S/C18H18FNO2/c19-16-9-7-15(8-10-16)18(21)22-17-11-5-14(6-12-17)4-2-1-3-13-20/h1-4,7-10,14,17H,5-6,11-12H2/b3-1?,4-2+. The Morgan fingerprint density at radius 3 is 2.50 bits per heavy atom. The molecule has 0 spiro atoms. The van der Waals surface area contributed by atoms with Crippen LogP contribution in [0.4, 0.5) is 4.39 Å². The number of hydrogen-bond donors (Lipinski definition) is 0. The molecule has 0 N–H and O–H groups in total. The molecule has 4 heteroatoms. The first kappa shape index (κ1) is 16.0. The zero-order valence-corrected chi connectivity index (χ0v) is 12.2. The minimum Gasteiger partial charge on any atom is -0.459 e. The van der Waals surface area contributed by atoms with Crippen molar-refractivity contribution in [2.75, 3.05) is 0 Å². The molecule has 2 rings (SSSR count). The topological polar surface area (TPSA) is 50.1 Å². The van der Waals surface area contributed by atoms with Crippen molar-refractivity contribution < 1.29 is 13.9 Å². The lowest BCUT2D eigenvalue weighted by Crippen LogP contribution is -2.24. The van der Waals surface area contributed by atoms with Gasteiger partial charge in [-0.25, -0.2) is 9.18 Å². The molecule has 3 nitrogen and oxygen atoms in total. The third kappa shape index (κ3) is 4.85. The first-order valence-corrected chi connectivity index (χ1v) is 7.38. The van der Waals surface area contributed by atoms with E-state index in [-0.39, 0.29) is 11.9 Å². The van der Waals surface area contributed by atoms with Gasteiger partial charge in [-0.2, -0.15) is 5.26 Å². The van der Waals surface area contributed by atoms with Gasteiger partial charge in [0.05, 0.1) is 11.6 Å². The van der Waals surface area contributed by atoms with Crippen LogP contribution in [0.1, 0.15) is 36.0 Å². The molecular weight excluding hydrogens is 281 g/mol. The SMILES string of the molecule is N#CC=C/C=C/C1CCC(OC(=O)c2ccc(F)cc2)CC1. The number of nitrogens with zero attached hydrogens (tertiary/aromatic N) is 1. The predicted octanol–water partition coefficient (Wildman–Crippen LogP) is 4.18. The average Bonchev–Trinajstić information content (AvgIpc) is 2.54. The van der Waals surface area contributed by atoms with Crippen LogP contribution in [0.15, 0.2) is 48.6 Å². The highest BCUT2D eigenvalue weighted by atomic mass is 19.1. The minimum atomic E-state index is -0.393. The summed E-state index contributed by atoms with van der Waals surface area (Å²) in [6, 6.07) is 7.33. The number of esters is 1. The lowest BCUT2D eigenvalue weighted by atomic mass is 9.87. The first-order chi connectivity index (χ1) is 10.7. The van der Waals surface area contributed by atoms with E-state index in [1.54, 1.807) is 6.08 Å². The molecule has 0 saturated heterocycles. The van der Waals surface area contributed by atoms with E-state index in [1.165, 1.54) is 30.3 Å². The molecule has 0 aliphatic heterocycles. The van der Waals surface area contributed by atoms with E-state index in [2.05, 4.69) is 6.08 Å². The highest BCUT2D eigenvalue weighted by Crippen LogP contribution is 2.27. The van der Waals surface area contributed by atoms with Gasteiger partial charge in [-0.3, -0.25) is 0 Å². The third-order valence-electron chi connectivity index (χ3n) is 3.74. The Morgan fingerprint density at radius 1 is 1.18 bits per heavy atom. The van der Waals surface area contributed by atoms with Crippen molar-refractivity contribution >= 4 is 5.97 Å². The number of allylic oxidation sites excluding steroid dienone is 4. The Balaban J connectivity index is 1.79. The monoisotopic (exact) mass is 299 g/mol. The van der Waals surface area contributed by atoms with Crippen LogP contribution in [-0.2, 0) is 4.74 Å². The highest BCUT2D eigenvalue weighted by Gasteiger charge is 2.23. The van der Waals surface area contributed by atoms with E-state index >= 15 is 0 Å². The summed E-state index contributed by atoms with van der Waals surface area (Å²) in [5.41, 5.74) is 0.380. The molecule has 1 aromatic carbocycles. The summed E-state index contributed by atoms with van der Waals surface area (Å²) in [7, 11) is 0. The molecule has 1 saturated carbocycles. The average molecular weight is 299 g/mol. The number of rotatable bonds is 4. The number of ether oxygens (including phenoxy) is 1. The van der Waals surface area contributed by atoms with Gasteiger partial charge in [-0.15, -0.1) is 0 Å². The fourth-order valence-electron chi connectivity index (χ4n) is 2.52. The lowest BCUT2D eigenvalue weighted by molar-refractivity contribution is 0.0185. The molecule has 1 aliphatic rings.